The number of halogens is 1. The SMILES string of the molecule is Cc1ccccc1C(C(C)NC(=O)Nc1cc2oc(=O)[nH]c2cc1F)N(C)C. The van der Waals surface area contributed by atoms with Gasteiger partial charge in [0.05, 0.1) is 17.2 Å². The number of carbonyl (C=O) groups excluding carboxylic acids is 1. The number of H-pyrrole nitrogens is 1. The Balaban J connectivity index is 1.77. The van der Waals surface area contributed by atoms with Crippen LogP contribution < -0.4 is 16.4 Å². The van der Waals surface area contributed by atoms with Gasteiger partial charge in [-0.1, -0.05) is 24.3 Å². The van der Waals surface area contributed by atoms with Gasteiger partial charge in [-0.2, -0.15) is 0 Å². The lowest BCUT2D eigenvalue weighted by atomic mass is 9.95. The van der Waals surface area contributed by atoms with Crippen molar-refractivity contribution in [2.75, 3.05) is 19.4 Å². The number of likely N-dealkylation sites (N-methyl/N-ethyl adjacent to an activating group) is 1. The number of oxazole rings is 1. The number of amides is 2. The lowest BCUT2D eigenvalue weighted by molar-refractivity contribution is 0.223. The third kappa shape index (κ3) is 4.07. The molecule has 0 saturated carbocycles. The van der Waals surface area contributed by atoms with Crippen LogP contribution in [0.15, 0.2) is 45.6 Å². The molecule has 2 unspecified atom stereocenters. The summed E-state index contributed by atoms with van der Waals surface area (Å²) in [6.07, 6.45) is 0. The van der Waals surface area contributed by atoms with Gasteiger partial charge in [0.1, 0.15) is 5.82 Å². The number of urea groups is 1. The van der Waals surface area contributed by atoms with Crippen molar-refractivity contribution in [2.24, 2.45) is 0 Å². The first-order chi connectivity index (χ1) is 13.3. The van der Waals surface area contributed by atoms with E-state index < -0.39 is 17.6 Å². The van der Waals surface area contributed by atoms with Gasteiger partial charge in [-0.25, -0.2) is 14.0 Å². The van der Waals surface area contributed by atoms with E-state index in [1.165, 1.54) is 6.07 Å². The summed E-state index contributed by atoms with van der Waals surface area (Å²) in [6.45, 7) is 3.91. The van der Waals surface area contributed by atoms with Crippen LogP contribution in [0.2, 0.25) is 0 Å². The molecular formula is C20H23FN4O3. The predicted octanol–water partition coefficient (Wildman–Crippen LogP) is 3.38. The summed E-state index contributed by atoms with van der Waals surface area (Å²) < 4.78 is 19.1. The van der Waals surface area contributed by atoms with Crippen molar-refractivity contribution in [1.29, 1.82) is 0 Å². The molecule has 7 nitrogen and oxygen atoms in total. The first-order valence-electron chi connectivity index (χ1n) is 8.88. The second-order valence-electron chi connectivity index (χ2n) is 6.99. The molecule has 148 valence electrons. The summed E-state index contributed by atoms with van der Waals surface area (Å²) in [5, 5.41) is 5.34. The maximum absolute atomic E-state index is 14.2. The lowest BCUT2D eigenvalue weighted by Gasteiger charge is -2.32. The summed E-state index contributed by atoms with van der Waals surface area (Å²) >= 11 is 0. The minimum Gasteiger partial charge on any atom is -0.408 e. The summed E-state index contributed by atoms with van der Waals surface area (Å²) in [5.41, 5.74) is 2.54. The number of carbonyl (C=O) groups is 1. The third-order valence-electron chi connectivity index (χ3n) is 4.65. The number of nitrogens with zero attached hydrogens (tertiary/aromatic N) is 1. The Kier molecular flexibility index (Phi) is 5.51. The lowest BCUT2D eigenvalue weighted by Crippen LogP contribution is -2.44. The molecule has 3 N–H and O–H groups in total. The highest BCUT2D eigenvalue weighted by molar-refractivity contribution is 5.92. The van der Waals surface area contributed by atoms with Gasteiger partial charge in [0, 0.05) is 18.2 Å². The Hall–Kier alpha value is -3.13. The van der Waals surface area contributed by atoms with Crippen LogP contribution >= 0.6 is 0 Å². The smallest absolute Gasteiger partial charge is 0.408 e. The fraction of sp³-hybridized carbons (Fsp3) is 0.300. The maximum Gasteiger partial charge on any atom is 0.417 e. The standard InChI is InChI=1S/C20H23FN4O3/c1-11-7-5-6-8-13(11)18(25(3)4)12(2)22-19(26)23-15-10-17-16(9-14(15)21)24-20(27)28-17/h5-10,12,18H,1-4H3,(H,24,27)(H2,22,23,26). The molecule has 3 aromatic rings. The van der Waals surface area contributed by atoms with Crippen molar-refractivity contribution < 1.29 is 13.6 Å². The quantitative estimate of drug-likeness (QED) is 0.627. The number of hydrogen-bond acceptors (Lipinski definition) is 4. The normalized spacial score (nSPS) is 13.5. The molecule has 0 saturated heterocycles. The Labute approximate surface area is 161 Å². The van der Waals surface area contributed by atoms with E-state index in [1.807, 2.05) is 57.1 Å². The number of aromatic nitrogens is 1. The minimum atomic E-state index is -0.684. The van der Waals surface area contributed by atoms with Crippen molar-refractivity contribution in [3.8, 4) is 0 Å². The highest BCUT2D eigenvalue weighted by Gasteiger charge is 2.24. The molecule has 28 heavy (non-hydrogen) atoms. The fourth-order valence-electron chi connectivity index (χ4n) is 3.42. The highest BCUT2D eigenvalue weighted by Crippen LogP contribution is 2.25. The van der Waals surface area contributed by atoms with E-state index in [2.05, 4.69) is 15.6 Å². The van der Waals surface area contributed by atoms with Crippen LogP contribution in [0.25, 0.3) is 11.1 Å². The number of hydrogen-bond donors (Lipinski definition) is 3. The minimum absolute atomic E-state index is 0.0676. The number of rotatable bonds is 5. The van der Waals surface area contributed by atoms with Crippen molar-refractivity contribution >= 4 is 22.8 Å². The molecule has 0 spiro atoms. The second kappa shape index (κ2) is 7.85. The van der Waals surface area contributed by atoms with Crippen molar-refractivity contribution in [2.45, 2.75) is 25.9 Å². The molecule has 0 aliphatic heterocycles. The van der Waals surface area contributed by atoms with Gasteiger partial charge < -0.3 is 20.0 Å². The van der Waals surface area contributed by atoms with E-state index in [-0.39, 0.29) is 28.9 Å². The Morgan fingerprint density at radius 1 is 1.25 bits per heavy atom. The number of anilines is 1. The first-order valence-corrected chi connectivity index (χ1v) is 8.88. The van der Waals surface area contributed by atoms with Crippen LogP contribution in [0.1, 0.15) is 24.1 Å². The van der Waals surface area contributed by atoms with Gasteiger partial charge in [0.2, 0.25) is 0 Å². The van der Waals surface area contributed by atoms with E-state index >= 15 is 0 Å². The fourth-order valence-corrected chi connectivity index (χ4v) is 3.42. The molecule has 0 aliphatic carbocycles. The Morgan fingerprint density at radius 3 is 2.64 bits per heavy atom. The van der Waals surface area contributed by atoms with Crippen LogP contribution in [0.3, 0.4) is 0 Å². The summed E-state index contributed by atoms with van der Waals surface area (Å²) in [7, 11) is 3.88. The van der Waals surface area contributed by atoms with E-state index in [4.69, 9.17) is 4.42 Å². The Morgan fingerprint density at radius 2 is 1.96 bits per heavy atom. The average molecular weight is 386 g/mol. The number of nitrogens with one attached hydrogen (secondary N) is 3. The topological polar surface area (TPSA) is 90.4 Å². The molecule has 2 atom stereocenters. The average Bonchev–Trinajstić information content (AvgIpc) is 2.95. The maximum atomic E-state index is 14.2. The van der Waals surface area contributed by atoms with Crippen molar-refractivity contribution in [1.82, 2.24) is 15.2 Å². The van der Waals surface area contributed by atoms with Gasteiger partial charge in [-0.3, -0.25) is 4.98 Å². The van der Waals surface area contributed by atoms with Gasteiger partial charge in [-0.05, 0) is 39.1 Å². The van der Waals surface area contributed by atoms with Gasteiger partial charge in [-0.15, -0.1) is 0 Å². The van der Waals surface area contributed by atoms with E-state index in [0.717, 1.165) is 17.2 Å². The molecule has 0 bridgehead atoms. The predicted molar refractivity (Wildman–Crippen MR) is 106 cm³/mol. The highest BCUT2D eigenvalue weighted by atomic mass is 19.1. The molecule has 8 heteroatoms. The molecule has 2 amide bonds. The van der Waals surface area contributed by atoms with Crippen molar-refractivity contribution in [3.05, 3.63) is 63.9 Å². The first kappa shape index (κ1) is 19.6. The number of benzene rings is 2. The van der Waals surface area contributed by atoms with E-state index in [1.54, 1.807) is 0 Å². The van der Waals surface area contributed by atoms with Crippen LogP contribution in [0.5, 0.6) is 0 Å². The molecule has 0 fully saturated rings. The molecule has 1 heterocycles. The van der Waals surface area contributed by atoms with E-state index in [9.17, 15) is 14.0 Å². The zero-order valence-electron chi connectivity index (χ0n) is 16.2. The molecule has 0 radical (unpaired) electrons. The second-order valence-corrected chi connectivity index (χ2v) is 6.99. The number of aromatic amines is 1. The van der Waals surface area contributed by atoms with Crippen LogP contribution in [-0.4, -0.2) is 36.1 Å². The monoisotopic (exact) mass is 386 g/mol. The summed E-state index contributed by atoms with van der Waals surface area (Å²) in [4.78, 5) is 28.1. The molecule has 0 aliphatic rings. The third-order valence-corrected chi connectivity index (χ3v) is 4.65. The zero-order valence-corrected chi connectivity index (χ0v) is 16.2. The molecular weight excluding hydrogens is 363 g/mol. The van der Waals surface area contributed by atoms with Gasteiger partial charge in [0.15, 0.2) is 5.58 Å². The Bertz CT molecular complexity index is 1060. The van der Waals surface area contributed by atoms with Crippen LogP contribution in [0, 0.1) is 12.7 Å². The largest absolute Gasteiger partial charge is 0.417 e. The number of aryl methyl sites for hydroxylation is 1. The molecule has 3 rings (SSSR count). The summed E-state index contributed by atoms with van der Waals surface area (Å²) in [5.74, 6) is -1.35. The van der Waals surface area contributed by atoms with Gasteiger partial charge >= 0.3 is 11.8 Å². The molecule has 2 aromatic carbocycles. The van der Waals surface area contributed by atoms with Crippen LogP contribution in [-0.2, 0) is 0 Å². The number of fused-ring (bicyclic) bond motifs is 1. The van der Waals surface area contributed by atoms with E-state index in [0.29, 0.717) is 0 Å². The summed E-state index contributed by atoms with van der Waals surface area (Å²) in [6, 6.07) is 9.48. The zero-order chi connectivity index (χ0) is 20.4. The molecule has 1 aromatic heterocycles. The van der Waals surface area contributed by atoms with Crippen LogP contribution in [0.4, 0.5) is 14.9 Å². The van der Waals surface area contributed by atoms with Crippen molar-refractivity contribution in [3.63, 3.8) is 0 Å². The van der Waals surface area contributed by atoms with Gasteiger partial charge in [0.25, 0.3) is 0 Å².